The number of non-ortho nitro benzene ring substituents is 1. The van der Waals surface area contributed by atoms with E-state index in [2.05, 4.69) is 26.6 Å². The van der Waals surface area contributed by atoms with Crippen molar-refractivity contribution < 1.29 is 9.72 Å². The number of hydrogen-bond acceptors (Lipinski definition) is 4. The van der Waals surface area contributed by atoms with Crippen LogP contribution in [0.1, 0.15) is 10.4 Å². The maximum Gasteiger partial charge on any atom is 0.270 e. The number of carbonyl (C=O) groups is 1. The second-order valence-electron chi connectivity index (χ2n) is 4.20. The quantitative estimate of drug-likeness (QED) is 0.651. The number of carbonyl (C=O) groups excluding carboxylic acids is 1. The fourth-order valence-corrected chi connectivity index (χ4v) is 2.17. The molecule has 21 heavy (non-hydrogen) atoms. The number of hydrogen-bond donors (Lipinski definition) is 2. The van der Waals surface area contributed by atoms with E-state index in [4.69, 9.17) is 0 Å². The highest BCUT2D eigenvalue weighted by molar-refractivity contribution is 9.10. The van der Waals surface area contributed by atoms with Crippen LogP contribution in [0.2, 0.25) is 0 Å². The fourth-order valence-electron chi connectivity index (χ4n) is 1.70. The molecule has 0 bridgehead atoms. The van der Waals surface area contributed by atoms with Gasteiger partial charge in [0.05, 0.1) is 10.6 Å². The highest BCUT2D eigenvalue weighted by Crippen LogP contribution is 2.27. The van der Waals surface area contributed by atoms with Crippen molar-refractivity contribution in [3.8, 4) is 0 Å². The van der Waals surface area contributed by atoms with Crippen LogP contribution in [-0.2, 0) is 0 Å². The van der Waals surface area contributed by atoms with Gasteiger partial charge >= 0.3 is 0 Å². The van der Waals surface area contributed by atoms with Crippen molar-refractivity contribution in [1.29, 1.82) is 0 Å². The van der Waals surface area contributed by atoms with Crippen molar-refractivity contribution in [3.05, 3.63) is 62.6 Å². The minimum atomic E-state index is -0.493. The molecule has 0 spiro atoms. The zero-order valence-electron chi connectivity index (χ0n) is 11.1. The lowest BCUT2D eigenvalue weighted by Gasteiger charge is -2.08. The third-order valence-electron chi connectivity index (χ3n) is 2.85. The van der Waals surface area contributed by atoms with Gasteiger partial charge in [-0.1, -0.05) is 0 Å². The molecule has 0 aromatic heterocycles. The maximum absolute atomic E-state index is 12.1. The molecular weight excluding hydrogens is 338 g/mol. The number of anilines is 2. The zero-order valence-corrected chi connectivity index (χ0v) is 12.7. The summed E-state index contributed by atoms with van der Waals surface area (Å²) in [5, 5.41) is 16.3. The van der Waals surface area contributed by atoms with Gasteiger partial charge in [0.2, 0.25) is 0 Å². The van der Waals surface area contributed by atoms with Crippen LogP contribution in [0, 0.1) is 10.1 Å². The van der Waals surface area contributed by atoms with Gasteiger partial charge in [0.15, 0.2) is 0 Å². The van der Waals surface area contributed by atoms with Gasteiger partial charge in [-0.2, -0.15) is 0 Å². The Kier molecular flexibility index (Phi) is 4.54. The molecule has 6 nitrogen and oxygen atoms in total. The predicted octanol–water partition coefficient (Wildman–Crippen LogP) is 3.65. The molecule has 0 unspecified atom stereocenters. The molecule has 0 atom stereocenters. The summed E-state index contributed by atoms with van der Waals surface area (Å²) >= 11 is 3.21. The summed E-state index contributed by atoms with van der Waals surface area (Å²) in [7, 11) is 1.79. The van der Waals surface area contributed by atoms with Gasteiger partial charge in [-0.3, -0.25) is 14.9 Å². The Labute approximate surface area is 129 Å². The van der Waals surface area contributed by atoms with Gasteiger partial charge in [0.25, 0.3) is 11.6 Å². The van der Waals surface area contributed by atoms with E-state index in [-0.39, 0.29) is 11.6 Å². The van der Waals surface area contributed by atoms with Crippen molar-refractivity contribution in [1.82, 2.24) is 0 Å². The Morgan fingerprint density at radius 1 is 1.19 bits per heavy atom. The van der Waals surface area contributed by atoms with E-state index in [0.29, 0.717) is 15.7 Å². The fraction of sp³-hybridized carbons (Fsp3) is 0.0714. The third-order valence-corrected chi connectivity index (χ3v) is 3.50. The third kappa shape index (κ3) is 3.57. The second-order valence-corrected chi connectivity index (χ2v) is 5.06. The highest BCUT2D eigenvalue weighted by Gasteiger charge is 2.12. The standard InChI is InChI=1S/C14H12BrN3O3/c1-16-10-4-2-9(3-5-10)14(19)17-13-7-6-11(18(20)21)8-12(13)15/h2-8,16H,1H3,(H,17,19). The number of nitro benzene ring substituents is 1. The number of nitrogens with one attached hydrogen (secondary N) is 2. The van der Waals surface area contributed by atoms with Crippen molar-refractivity contribution in [2.24, 2.45) is 0 Å². The molecule has 0 saturated carbocycles. The van der Waals surface area contributed by atoms with Gasteiger partial charge in [-0.25, -0.2) is 0 Å². The molecule has 0 radical (unpaired) electrons. The molecule has 2 N–H and O–H groups in total. The van der Waals surface area contributed by atoms with Gasteiger partial charge in [0.1, 0.15) is 0 Å². The van der Waals surface area contributed by atoms with Gasteiger partial charge in [-0.15, -0.1) is 0 Å². The molecule has 2 aromatic rings. The van der Waals surface area contributed by atoms with Crippen LogP contribution in [0.15, 0.2) is 46.9 Å². The van der Waals surface area contributed by atoms with E-state index in [1.165, 1.54) is 18.2 Å². The van der Waals surface area contributed by atoms with E-state index in [1.54, 1.807) is 31.3 Å². The summed E-state index contributed by atoms with van der Waals surface area (Å²) in [6.07, 6.45) is 0. The first-order valence-corrected chi connectivity index (χ1v) is 6.83. The van der Waals surface area contributed by atoms with Crippen LogP contribution in [0.4, 0.5) is 17.1 Å². The van der Waals surface area contributed by atoms with Crippen LogP contribution in [0.3, 0.4) is 0 Å². The topological polar surface area (TPSA) is 84.3 Å². The number of halogens is 1. The number of nitro groups is 1. The summed E-state index contributed by atoms with van der Waals surface area (Å²) in [6.45, 7) is 0. The molecule has 0 aliphatic heterocycles. The molecule has 0 heterocycles. The Balaban J connectivity index is 2.17. The molecule has 7 heteroatoms. The Bertz CT molecular complexity index is 686. The molecule has 0 aliphatic rings. The minimum Gasteiger partial charge on any atom is -0.388 e. The van der Waals surface area contributed by atoms with Crippen molar-refractivity contribution in [2.75, 3.05) is 17.7 Å². The van der Waals surface area contributed by atoms with Gasteiger partial charge in [-0.05, 0) is 46.3 Å². The van der Waals surface area contributed by atoms with Crippen LogP contribution < -0.4 is 10.6 Å². The predicted molar refractivity (Wildman–Crippen MR) is 84.7 cm³/mol. The molecule has 0 fully saturated rings. The number of benzene rings is 2. The summed E-state index contributed by atoms with van der Waals surface area (Å²) < 4.78 is 0.455. The molecule has 0 aliphatic carbocycles. The van der Waals surface area contributed by atoms with E-state index >= 15 is 0 Å². The highest BCUT2D eigenvalue weighted by atomic mass is 79.9. The van der Waals surface area contributed by atoms with Crippen LogP contribution in [0.5, 0.6) is 0 Å². The van der Waals surface area contributed by atoms with E-state index in [9.17, 15) is 14.9 Å². The number of amides is 1. The van der Waals surface area contributed by atoms with Gasteiger partial charge in [0, 0.05) is 34.9 Å². The van der Waals surface area contributed by atoms with Gasteiger partial charge < -0.3 is 10.6 Å². The molecule has 2 rings (SSSR count). The Hall–Kier alpha value is -2.41. The molecule has 0 saturated heterocycles. The van der Waals surface area contributed by atoms with E-state index < -0.39 is 4.92 Å². The second kappa shape index (κ2) is 6.36. The molecular formula is C14H12BrN3O3. The average Bonchev–Trinajstić information content (AvgIpc) is 2.49. The van der Waals surface area contributed by atoms with Crippen LogP contribution in [0.25, 0.3) is 0 Å². The Morgan fingerprint density at radius 2 is 1.86 bits per heavy atom. The monoisotopic (exact) mass is 349 g/mol. The molecule has 108 valence electrons. The summed E-state index contributed by atoms with van der Waals surface area (Å²) in [5.41, 5.74) is 1.84. The first-order chi connectivity index (χ1) is 10.0. The van der Waals surface area contributed by atoms with Crippen LogP contribution in [-0.4, -0.2) is 17.9 Å². The Morgan fingerprint density at radius 3 is 2.38 bits per heavy atom. The van der Waals surface area contributed by atoms with E-state index in [1.807, 2.05) is 0 Å². The van der Waals surface area contributed by atoms with E-state index in [0.717, 1.165) is 5.69 Å². The number of nitrogens with zero attached hydrogens (tertiary/aromatic N) is 1. The first kappa shape index (κ1) is 15.0. The largest absolute Gasteiger partial charge is 0.388 e. The summed E-state index contributed by atoms with van der Waals surface area (Å²) in [4.78, 5) is 22.3. The first-order valence-electron chi connectivity index (χ1n) is 6.04. The minimum absolute atomic E-state index is 0.0433. The smallest absolute Gasteiger partial charge is 0.270 e. The average molecular weight is 350 g/mol. The lowest BCUT2D eigenvalue weighted by atomic mass is 10.2. The van der Waals surface area contributed by atoms with Crippen molar-refractivity contribution in [3.63, 3.8) is 0 Å². The maximum atomic E-state index is 12.1. The van der Waals surface area contributed by atoms with Crippen molar-refractivity contribution >= 4 is 38.9 Å². The number of rotatable bonds is 4. The normalized spacial score (nSPS) is 10.0. The molecule has 2 aromatic carbocycles. The summed E-state index contributed by atoms with van der Waals surface area (Å²) in [6, 6.07) is 11.1. The van der Waals surface area contributed by atoms with Crippen molar-refractivity contribution in [2.45, 2.75) is 0 Å². The lowest BCUT2D eigenvalue weighted by molar-refractivity contribution is -0.384. The van der Waals surface area contributed by atoms with Crippen LogP contribution >= 0.6 is 15.9 Å². The lowest BCUT2D eigenvalue weighted by Crippen LogP contribution is -2.12. The summed E-state index contributed by atoms with van der Waals surface area (Å²) in [5.74, 6) is -0.285. The molecule has 1 amide bonds. The zero-order chi connectivity index (χ0) is 15.4. The SMILES string of the molecule is CNc1ccc(C(=O)Nc2ccc([N+](=O)[O-])cc2Br)cc1.